The fourth-order valence-corrected chi connectivity index (χ4v) is 2.80. The Labute approximate surface area is 203 Å². The average molecular weight is 529 g/mol. The van der Waals surface area contributed by atoms with Crippen LogP contribution in [0.4, 0.5) is 0 Å². The zero-order chi connectivity index (χ0) is 26.6. The van der Waals surface area contributed by atoms with Gasteiger partial charge in [0, 0.05) is 1.43 Å². The van der Waals surface area contributed by atoms with Crippen LogP contribution in [-0.2, 0) is 9.47 Å². The first-order valence-electron chi connectivity index (χ1n) is 10.3. The molecule has 2 aliphatic rings. The molecule has 0 spiro atoms. The van der Waals surface area contributed by atoms with Gasteiger partial charge in [-0.25, -0.2) is 0 Å². The molecule has 8 unspecified atom stereocenters. The van der Waals surface area contributed by atoms with E-state index in [9.17, 15) is 0 Å². The molecule has 2 fully saturated rings. The molecule has 0 saturated carbocycles. The van der Waals surface area contributed by atoms with Crippen LogP contribution in [0.15, 0.2) is 0 Å². The zero-order valence-corrected chi connectivity index (χ0v) is 18.2. The second kappa shape index (κ2) is 18.6. The lowest BCUT2D eigenvalue weighted by Gasteiger charge is -2.24. The molecule has 0 aromatic rings. The number of aliphatic hydroxyl groups is 14. The van der Waals surface area contributed by atoms with E-state index in [2.05, 4.69) is 0 Å². The van der Waals surface area contributed by atoms with Gasteiger partial charge in [-0.2, -0.15) is 0 Å². The molecule has 14 N–H and O–H groups in total. The Balaban J connectivity index is -0.000000442. The zero-order valence-electron chi connectivity index (χ0n) is 18.2. The van der Waals surface area contributed by atoms with Crippen LogP contribution in [0.5, 0.6) is 0 Å². The van der Waals surface area contributed by atoms with Crippen LogP contribution in [0.1, 0.15) is 8.85 Å². The van der Waals surface area contributed by atoms with Crippen LogP contribution in [0.25, 0.3) is 0 Å². The molecule has 16 nitrogen and oxygen atoms in total. The molecule has 12 atom stereocenters. The number of ether oxygens (including phenoxy) is 2. The first-order valence-corrected chi connectivity index (χ1v) is 10.3. The molecule has 2 heterocycles. The standard InChI is InChI=1S/2C6H14O6.C6H10O4.CH4.H2/c2*7-1-3(9)5(11)6(12)4(10)2-8;7-3-1-9-6-4(8)2-10-5(3)6;;/h2*3-12H,1-2H2;3-8H,1-2H2;1H4;1H/t;;3-,4+,5-,6-;;/m..0../s1. The van der Waals surface area contributed by atoms with Crippen molar-refractivity contribution in [3.05, 3.63) is 0 Å². The highest BCUT2D eigenvalue weighted by atomic mass is 16.6. The Bertz CT molecular complexity index is 450. The molecule has 0 aliphatic carbocycles. The fraction of sp³-hybridized carbons (Fsp3) is 1.00. The largest absolute Gasteiger partial charge is 0.394 e. The molecule has 2 aliphatic heterocycles. The monoisotopic (exact) mass is 528 g/mol. The van der Waals surface area contributed by atoms with Gasteiger partial charge in [-0.15, -0.1) is 0 Å². The van der Waals surface area contributed by atoms with Gasteiger partial charge in [0.05, 0.1) is 39.6 Å². The predicted molar refractivity (Wildman–Crippen MR) is 117 cm³/mol. The van der Waals surface area contributed by atoms with Gasteiger partial charge in [0.15, 0.2) is 0 Å². The van der Waals surface area contributed by atoms with Gasteiger partial charge < -0.3 is 81.0 Å². The summed E-state index contributed by atoms with van der Waals surface area (Å²) in [4.78, 5) is 0. The summed E-state index contributed by atoms with van der Waals surface area (Å²) in [7, 11) is 0. The summed E-state index contributed by atoms with van der Waals surface area (Å²) in [5, 5.41) is 123. The van der Waals surface area contributed by atoms with Crippen LogP contribution >= 0.6 is 0 Å². The van der Waals surface area contributed by atoms with Crippen LogP contribution < -0.4 is 0 Å². The van der Waals surface area contributed by atoms with E-state index in [-0.39, 0.29) is 34.3 Å². The third-order valence-corrected chi connectivity index (χ3v) is 5.03. The van der Waals surface area contributed by atoms with Crippen molar-refractivity contribution in [3.8, 4) is 0 Å². The summed E-state index contributed by atoms with van der Waals surface area (Å²) in [5.74, 6) is 0. The maximum Gasteiger partial charge on any atom is 0.114 e. The Kier molecular flexibility index (Phi) is 19.4. The normalized spacial score (nSPS) is 30.0. The summed E-state index contributed by atoms with van der Waals surface area (Å²) < 4.78 is 10.2. The molecule has 0 bridgehead atoms. The summed E-state index contributed by atoms with van der Waals surface area (Å²) in [5.41, 5.74) is 0. The van der Waals surface area contributed by atoms with Crippen molar-refractivity contribution < 1.29 is 82.4 Å². The van der Waals surface area contributed by atoms with Crippen molar-refractivity contribution >= 4 is 0 Å². The second-order valence-electron chi connectivity index (χ2n) is 7.69. The highest BCUT2D eigenvalue weighted by Gasteiger charge is 2.46. The maximum absolute atomic E-state index is 9.16. The molecule has 2 saturated heterocycles. The van der Waals surface area contributed by atoms with Crippen molar-refractivity contribution in [2.45, 2.75) is 80.7 Å². The van der Waals surface area contributed by atoms with E-state index in [4.69, 9.17) is 81.0 Å². The lowest BCUT2D eigenvalue weighted by molar-refractivity contribution is -0.123. The first-order chi connectivity index (χ1) is 15.9. The van der Waals surface area contributed by atoms with Gasteiger partial charge in [-0.3, -0.25) is 0 Å². The van der Waals surface area contributed by atoms with Crippen LogP contribution in [0.3, 0.4) is 0 Å². The summed E-state index contributed by atoms with van der Waals surface area (Å²) >= 11 is 0. The molecule has 0 radical (unpaired) electrons. The highest BCUT2D eigenvalue weighted by Crippen LogP contribution is 2.26. The third-order valence-electron chi connectivity index (χ3n) is 5.03. The van der Waals surface area contributed by atoms with Gasteiger partial charge in [0.2, 0.25) is 0 Å². The lowest BCUT2D eigenvalue weighted by atomic mass is 10.0. The van der Waals surface area contributed by atoms with E-state index in [0.29, 0.717) is 0 Å². The van der Waals surface area contributed by atoms with Crippen molar-refractivity contribution in [1.82, 2.24) is 0 Å². The number of aliphatic hydroxyl groups excluding tert-OH is 14. The molecule has 0 aromatic carbocycles. The Hall–Kier alpha value is -0.640. The van der Waals surface area contributed by atoms with Crippen molar-refractivity contribution in [1.29, 1.82) is 0 Å². The van der Waals surface area contributed by atoms with Gasteiger partial charge in [0.1, 0.15) is 73.2 Å². The SMILES string of the molecule is C.OCC(O)C(O)C(O)C(O)CO.OCC(O)C(O)C(O)C(O)CO.O[C@@H]1CO[C@@H]2[C@H]1OC[C@@H]2O.[HH]. The lowest BCUT2D eigenvalue weighted by Crippen LogP contribution is -2.46. The topological polar surface area (TPSA) is 302 Å². The summed E-state index contributed by atoms with van der Waals surface area (Å²) in [6.07, 6.45) is -14.5. The van der Waals surface area contributed by atoms with Gasteiger partial charge in [-0.1, -0.05) is 7.43 Å². The molecule has 35 heavy (non-hydrogen) atoms. The molecule has 0 amide bonds. The fourth-order valence-electron chi connectivity index (χ4n) is 2.80. The van der Waals surface area contributed by atoms with E-state index in [0.717, 1.165) is 0 Å². The van der Waals surface area contributed by atoms with E-state index in [1.54, 1.807) is 0 Å². The Morgan fingerprint density at radius 2 is 0.714 bits per heavy atom. The number of rotatable bonds is 10. The number of hydrogen-bond donors (Lipinski definition) is 14. The van der Waals surface area contributed by atoms with E-state index >= 15 is 0 Å². The third kappa shape index (κ3) is 11.5. The van der Waals surface area contributed by atoms with E-state index in [1.807, 2.05) is 0 Å². The minimum atomic E-state index is -1.67. The smallest absolute Gasteiger partial charge is 0.114 e. The van der Waals surface area contributed by atoms with Gasteiger partial charge in [-0.05, 0) is 0 Å². The van der Waals surface area contributed by atoms with E-state index < -0.39 is 87.5 Å². The Morgan fingerprint density at radius 3 is 0.886 bits per heavy atom. The summed E-state index contributed by atoms with van der Waals surface area (Å²) in [6.45, 7) is -2.34. The van der Waals surface area contributed by atoms with Crippen LogP contribution in [0, 0.1) is 0 Å². The molecule has 216 valence electrons. The average Bonchev–Trinajstić information content (AvgIpc) is 3.42. The van der Waals surface area contributed by atoms with Gasteiger partial charge >= 0.3 is 0 Å². The highest BCUT2D eigenvalue weighted by molar-refractivity contribution is 4.93. The Morgan fingerprint density at radius 1 is 0.514 bits per heavy atom. The molecule has 2 rings (SSSR count). The maximum atomic E-state index is 9.16. The molecule has 16 heteroatoms. The molecular weight excluding hydrogens is 484 g/mol. The minimum absolute atomic E-state index is 0. The predicted octanol–water partition coefficient (Wildman–Crippen LogP) is -7.78. The van der Waals surface area contributed by atoms with E-state index in [1.165, 1.54) is 0 Å². The quantitative estimate of drug-likeness (QED) is 0.125. The van der Waals surface area contributed by atoms with Crippen LogP contribution in [-0.4, -0.2) is 184 Å². The van der Waals surface area contributed by atoms with Crippen molar-refractivity contribution in [2.75, 3.05) is 39.6 Å². The minimum Gasteiger partial charge on any atom is -0.394 e. The number of fused-ring (bicyclic) bond motifs is 1. The second-order valence-corrected chi connectivity index (χ2v) is 7.69. The molecular formula is C19H44O16. The first kappa shape index (κ1) is 36.5. The molecule has 0 aromatic heterocycles. The van der Waals surface area contributed by atoms with Crippen LogP contribution in [0.2, 0.25) is 0 Å². The number of hydrogen-bond acceptors (Lipinski definition) is 16. The van der Waals surface area contributed by atoms with Crippen molar-refractivity contribution in [2.24, 2.45) is 0 Å². The van der Waals surface area contributed by atoms with Gasteiger partial charge in [0.25, 0.3) is 0 Å². The summed E-state index contributed by atoms with van der Waals surface area (Å²) in [6, 6.07) is 0. The van der Waals surface area contributed by atoms with Crippen molar-refractivity contribution in [3.63, 3.8) is 0 Å².